The highest BCUT2D eigenvalue weighted by Gasteiger charge is 2.11. The number of halogens is 1. The molecule has 19 heavy (non-hydrogen) atoms. The van der Waals surface area contributed by atoms with Crippen LogP contribution in [0.2, 0.25) is 5.02 Å². The fourth-order valence-corrected chi connectivity index (χ4v) is 3.00. The molecular formula is C16H26ClNS. The molecule has 2 unspecified atom stereocenters. The van der Waals surface area contributed by atoms with Gasteiger partial charge in [-0.15, -0.1) is 0 Å². The highest BCUT2D eigenvalue weighted by atomic mass is 35.5. The molecule has 0 saturated heterocycles. The van der Waals surface area contributed by atoms with Crippen LogP contribution in [0, 0.1) is 0 Å². The lowest BCUT2D eigenvalue weighted by atomic mass is 10.1. The number of thioether (sulfide) groups is 1. The third-order valence-corrected chi connectivity index (χ3v) is 4.98. The molecule has 0 aromatic heterocycles. The van der Waals surface area contributed by atoms with Gasteiger partial charge in [-0.2, -0.15) is 11.8 Å². The Bertz CT molecular complexity index is 339. The average Bonchev–Trinajstić information content (AvgIpc) is 2.43. The van der Waals surface area contributed by atoms with Crippen molar-refractivity contribution >= 4 is 23.4 Å². The van der Waals surface area contributed by atoms with Crippen molar-refractivity contribution in [2.24, 2.45) is 0 Å². The molecule has 1 aromatic carbocycles. The molecule has 0 spiro atoms. The van der Waals surface area contributed by atoms with Gasteiger partial charge in [0.15, 0.2) is 0 Å². The lowest BCUT2D eigenvalue weighted by Gasteiger charge is -2.20. The SMILES string of the molecule is CCCNC(CSC(C)CC)Cc1ccc(Cl)cc1. The Kier molecular flexibility index (Phi) is 8.60. The van der Waals surface area contributed by atoms with Crippen molar-refractivity contribution in [3.8, 4) is 0 Å². The molecule has 1 nitrogen and oxygen atoms in total. The summed E-state index contributed by atoms with van der Waals surface area (Å²) in [5.74, 6) is 1.18. The van der Waals surface area contributed by atoms with E-state index in [-0.39, 0.29) is 0 Å². The zero-order valence-corrected chi connectivity index (χ0v) is 13.9. The van der Waals surface area contributed by atoms with Crippen LogP contribution in [-0.2, 0) is 6.42 Å². The molecule has 0 fully saturated rings. The first-order chi connectivity index (χ1) is 9.15. The van der Waals surface area contributed by atoms with Crippen LogP contribution in [0.1, 0.15) is 39.2 Å². The van der Waals surface area contributed by atoms with E-state index in [0.717, 1.165) is 23.2 Å². The Labute approximate surface area is 127 Å². The molecule has 0 amide bonds. The van der Waals surface area contributed by atoms with Gasteiger partial charge in [-0.25, -0.2) is 0 Å². The smallest absolute Gasteiger partial charge is 0.0406 e. The van der Waals surface area contributed by atoms with E-state index < -0.39 is 0 Å². The van der Waals surface area contributed by atoms with Crippen LogP contribution in [0.25, 0.3) is 0 Å². The van der Waals surface area contributed by atoms with Gasteiger partial charge in [0.05, 0.1) is 0 Å². The summed E-state index contributed by atoms with van der Waals surface area (Å²) in [7, 11) is 0. The number of hydrogen-bond acceptors (Lipinski definition) is 2. The van der Waals surface area contributed by atoms with Gasteiger partial charge < -0.3 is 5.32 Å². The van der Waals surface area contributed by atoms with Crippen molar-refractivity contribution in [1.29, 1.82) is 0 Å². The largest absolute Gasteiger partial charge is 0.313 e. The molecule has 0 aliphatic rings. The van der Waals surface area contributed by atoms with Gasteiger partial charge >= 0.3 is 0 Å². The molecule has 108 valence electrons. The lowest BCUT2D eigenvalue weighted by molar-refractivity contribution is 0.549. The third-order valence-electron chi connectivity index (χ3n) is 3.24. The molecule has 3 heteroatoms. The Hall–Kier alpha value is -0.180. The second kappa shape index (κ2) is 9.68. The van der Waals surface area contributed by atoms with Crippen LogP contribution in [0.5, 0.6) is 0 Å². The van der Waals surface area contributed by atoms with E-state index in [1.807, 2.05) is 12.1 Å². The Morgan fingerprint density at radius 1 is 1.21 bits per heavy atom. The van der Waals surface area contributed by atoms with Crippen LogP contribution in [0.4, 0.5) is 0 Å². The number of rotatable bonds is 9. The summed E-state index contributed by atoms with van der Waals surface area (Å²) >= 11 is 8.00. The Morgan fingerprint density at radius 2 is 1.89 bits per heavy atom. The fourth-order valence-electron chi connectivity index (χ4n) is 1.84. The van der Waals surface area contributed by atoms with Crippen molar-refractivity contribution < 1.29 is 0 Å². The van der Waals surface area contributed by atoms with Crippen molar-refractivity contribution in [2.75, 3.05) is 12.3 Å². The van der Waals surface area contributed by atoms with E-state index in [1.165, 1.54) is 24.2 Å². The van der Waals surface area contributed by atoms with Crippen LogP contribution in [0.15, 0.2) is 24.3 Å². The molecule has 0 bridgehead atoms. The van der Waals surface area contributed by atoms with E-state index in [1.54, 1.807) is 0 Å². The summed E-state index contributed by atoms with van der Waals surface area (Å²) in [6.45, 7) is 7.88. The Balaban J connectivity index is 2.50. The molecule has 0 aliphatic carbocycles. The minimum atomic E-state index is 0.556. The van der Waals surface area contributed by atoms with E-state index >= 15 is 0 Å². The summed E-state index contributed by atoms with van der Waals surface area (Å²) in [5.41, 5.74) is 1.36. The minimum absolute atomic E-state index is 0.556. The van der Waals surface area contributed by atoms with Gasteiger partial charge in [0.2, 0.25) is 0 Å². The van der Waals surface area contributed by atoms with E-state index in [9.17, 15) is 0 Å². The standard InChI is InChI=1S/C16H26ClNS/c1-4-10-18-16(12-19-13(3)5-2)11-14-6-8-15(17)9-7-14/h6-9,13,16,18H,4-5,10-12H2,1-3H3. The first-order valence-corrected chi connectivity index (χ1v) is 8.67. The highest BCUT2D eigenvalue weighted by Crippen LogP contribution is 2.17. The monoisotopic (exact) mass is 299 g/mol. The molecule has 1 N–H and O–H groups in total. The predicted molar refractivity (Wildman–Crippen MR) is 89.4 cm³/mol. The first-order valence-electron chi connectivity index (χ1n) is 7.25. The molecule has 0 aliphatic heterocycles. The molecule has 0 heterocycles. The van der Waals surface area contributed by atoms with Gasteiger partial charge in [0, 0.05) is 22.1 Å². The maximum absolute atomic E-state index is 5.93. The number of benzene rings is 1. The zero-order valence-electron chi connectivity index (χ0n) is 12.3. The van der Waals surface area contributed by atoms with Gasteiger partial charge in [-0.3, -0.25) is 0 Å². The molecule has 0 radical (unpaired) electrons. The fraction of sp³-hybridized carbons (Fsp3) is 0.625. The average molecular weight is 300 g/mol. The lowest BCUT2D eigenvalue weighted by Crippen LogP contribution is -2.34. The topological polar surface area (TPSA) is 12.0 Å². The first kappa shape index (κ1) is 16.9. The maximum Gasteiger partial charge on any atom is 0.0406 e. The molecule has 1 rings (SSSR count). The third kappa shape index (κ3) is 7.24. The number of nitrogens with one attached hydrogen (secondary N) is 1. The van der Waals surface area contributed by atoms with Crippen molar-refractivity contribution in [3.05, 3.63) is 34.9 Å². The highest BCUT2D eigenvalue weighted by molar-refractivity contribution is 7.99. The number of hydrogen-bond donors (Lipinski definition) is 1. The van der Waals surface area contributed by atoms with Crippen molar-refractivity contribution in [3.63, 3.8) is 0 Å². The van der Waals surface area contributed by atoms with E-state index in [4.69, 9.17) is 11.6 Å². The van der Waals surface area contributed by atoms with Gasteiger partial charge in [-0.1, -0.05) is 44.5 Å². The van der Waals surface area contributed by atoms with Crippen LogP contribution >= 0.6 is 23.4 Å². The van der Waals surface area contributed by atoms with Crippen LogP contribution in [-0.4, -0.2) is 23.6 Å². The second-order valence-electron chi connectivity index (χ2n) is 5.03. The predicted octanol–water partition coefficient (Wildman–Crippen LogP) is 4.78. The van der Waals surface area contributed by atoms with Crippen molar-refractivity contribution in [2.45, 2.75) is 51.3 Å². The summed E-state index contributed by atoms with van der Waals surface area (Å²) in [6, 6.07) is 8.79. The van der Waals surface area contributed by atoms with Crippen molar-refractivity contribution in [1.82, 2.24) is 5.32 Å². The van der Waals surface area contributed by atoms with Crippen LogP contribution in [0.3, 0.4) is 0 Å². The molecule has 0 saturated carbocycles. The maximum atomic E-state index is 5.93. The summed E-state index contributed by atoms with van der Waals surface area (Å²) in [4.78, 5) is 0. The normalized spacial score (nSPS) is 14.3. The van der Waals surface area contributed by atoms with Gasteiger partial charge in [0.25, 0.3) is 0 Å². The minimum Gasteiger partial charge on any atom is -0.313 e. The quantitative estimate of drug-likeness (QED) is 0.704. The van der Waals surface area contributed by atoms with Gasteiger partial charge in [0.1, 0.15) is 0 Å². The van der Waals surface area contributed by atoms with E-state index in [0.29, 0.717) is 6.04 Å². The second-order valence-corrected chi connectivity index (χ2v) is 6.94. The summed E-state index contributed by atoms with van der Waals surface area (Å²) in [5, 5.41) is 5.22. The molecular weight excluding hydrogens is 274 g/mol. The summed E-state index contributed by atoms with van der Waals surface area (Å²) in [6.07, 6.45) is 3.51. The van der Waals surface area contributed by atoms with Gasteiger partial charge in [-0.05, 0) is 43.5 Å². The zero-order chi connectivity index (χ0) is 14.1. The van der Waals surface area contributed by atoms with E-state index in [2.05, 4.69) is 50.0 Å². The Morgan fingerprint density at radius 3 is 2.47 bits per heavy atom. The summed E-state index contributed by atoms with van der Waals surface area (Å²) < 4.78 is 0. The molecule has 1 aromatic rings. The van der Waals surface area contributed by atoms with Crippen LogP contribution < -0.4 is 5.32 Å². The molecule has 2 atom stereocenters.